The van der Waals surface area contributed by atoms with Crippen LogP contribution >= 0.6 is 0 Å². The molecule has 0 radical (unpaired) electrons. The molecule has 1 aromatic rings. The van der Waals surface area contributed by atoms with Crippen molar-refractivity contribution < 1.29 is 13.2 Å². The Morgan fingerprint density at radius 3 is 2.73 bits per heavy atom. The largest absolute Gasteiger partial charge is 0.433 e. The first kappa shape index (κ1) is 11.7. The van der Waals surface area contributed by atoms with Crippen LogP contribution in [0.4, 0.5) is 19.1 Å². The Hall–Kier alpha value is -1.33. The molecule has 3 nitrogen and oxygen atoms in total. The summed E-state index contributed by atoms with van der Waals surface area (Å²) in [6.45, 7) is 2.58. The van der Waals surface area contributed by atoms with Gasteiger partial charge in [-0.25, -0.2) is 9.97 Å². The highest BCUT2D eigenvalue weighted by Crippen LogP contribution is 2.27. The Morgan fingerprint density at radius 1 is 1.40 bits per heavy atom. The molecule has 1 heterocycles. The van der Waals surface area contributed by atoms with E-state index in [1.807, 2.05) is 6.92 Å². The van der Waals surface area contributed by atoms with Crippen LogP contribution in [0, 0.1) is 0 Å². The van der Waals surface area contributed by atoms with Gasteiger partial charge in [0.1, 0.15) is 5.69 Å². The molecule has 0 spiro atoms. The summed E-state index contributed by atoms with van der Waals surface area (Å²) in [4.78, 5) is 7.07. The van der Waals surface area contributed by atoms with Crippen LogP contribution < -0.4 is 5.32 Å². The molecular formula is C9H12F3N3. The van der Waals surface area contributed by atoms with Gasteiger partial charge < -0.3 is 5.32 Å². The number of halogens is 3. The van der Waals surface area contributed by atoms with Crippen molar-refractivity contribution in [2.75, 3.05) is 11.9 Å². The quantitative estimate of drug-likeness (QED) is 0.791. The van der Waals surface area contributed by atoms with Gasteiger partial charge in [-0.15, -0.1) is 0 Å². The second kappa shape index (κ2) is 4.95. The van der Waals surface area contributed by atoms with E-state index in [1.165, 1.54) is 0 Å². The lowest BCUT2D eigenvalue weighted by molar-refractivity contribution is -0.141. The molecule has 0 aliphatic carbocycles. The third kappa shape index (κ3) is 3.73. The molecule has 1 N–H and O–H groups in total. The molecule has 0 saturated heterocycles. The summed E-state index contributed by atoms with van der Waals surface area (Å²) in [5.74, 6) is 0.0262. The molecule has 0 fully saturated rings. The van der Waals surface area contributed by atoms with Crippen molar-refractivity contribution in [1.29, 1.82) is 0 Å². The van der Waals surface area contributed by atoms with Crippen molar-refractivity contribution in [3.8, 4) is 0 Å². The minimum absolute atomic E-state index is 0.0262. The van der Waals surface area contributed by atoms with E-state index in [0.29, 0.717) is 6.54 Å². The molecule has 0 aromatic carbocycles. The highest BCUT2D eigenvalue weighted by Gasteiger charge is 2.32. The van der Waals surface area contributed by atoms with Crippen LogP contribution in [0.1, 0.15) is 25.5 Å². The third-order valence-corrected chi connectivity index (χ3v) is 1.76. The maximum absolute atomic E-state index is 12.2. The minimum atomic E-state index is -4.41. The van der Waals surface area contributed by atoms with Crippen molar-refractivity contribution in [1.82, 2.24) is 9.97 Å². The summed E-state index contributed by atoms with van der Waals surface area (Å²) in [5, 5.41) is 2.74. The first-order valence-corrected chi connectivity index (χ1v) is 4.68. The first-order chi connectivity index (χ1) is 7.04. The molecule has 6 heteroatoms. The predicted molar refractivity (Wildman–Crippen MR) is 50.4 cm³/mol. The van der Waals surface area contributed by atoms with Gasteiger partial charge in [0.05, 0.1) is 0 Å². The zero-order valence-corrected chi connectivity index (χ0v) is 8.30. The molecule has 0 amide bonds. The summed E-state index contributed by atoms with van der Waals surface area (Å²) in [6.07, 6.45) is -1.47. The lowest BCUT2D eigenvalue weighted by Gasteiger charge is -2.07. The summed E-state index contributed by atoms with van der Waals surface area (Å²) < 4.78 is 36.7. The average molecular weight is 219 g/mol. The SMILES string of the molecule is CCCCNc1nccc(C(F)(F)F)n1. The Balaban J connectivity index is 2.66. The molecule has 0 unspecified atom stereocenters. The minimum Gasteiger partial charge on any atom is -0.354 e. The number of unbranched alkanes of at least 4 members (excludes halogenated alkanes) is 1. The van der Waals surface area contributed by atoms with Crippen LogP contribution in [-0.4, -0.2) is 16.5 Å². The summed E-state index contributed by atoms with van der Waals surface area (Å²) >= 11 is 0. The van der Waals surface area contributed by atoms with Gasteiger partial charge in [0, 0.05) is 12.7 Å². The topological polar surface area (TPSA) is 37.8 Å². The van der Waals surface area contributed by atoms with Crippen LogP contribution in [0.5, 0.6) is 0 Å². The number of rotatable bonds is 4. The molecule has 1 rings (SSSR count). The lowest BCUT2D eigenvalue weighted by Crippen LogP contribution is -2.12. The summed E-state index contributed by atoms with van der Waals surface area (Å²) in [6, 6.07) is 0.852. The lowest BCUT2D eigenvalue weighted by atomic mass is 10.3. The fourth-order valence-electron chi connectivity index (χ4n) is 0.979. The fraction of sp³-hybridized carbons (Fsp3) is 0.556. The van der Waals surface area contributed by atoms with E-state index < -0.39 is 11.9 Å². The number of anilines is 1. The van der Waals surface area contributed by atoms with E-state index in [-0.39, 0.29) is 5.95 Å². The van der Waals surface area contributed by atoms with Gasteiger partial charge in [-0.1, -0.05) is 13.3 Å². The van der Waals surface area contributed by atoms with E-state index in [2.05, 4.69) is 15.3 Å². The van der Waals surface area contributed by atoms with Gasteiger partial charge in [-0.2, -0.15) is 13.2 Å². The smallest absolute Gasteiger partial charge is 0.354 e. The molecule has 0 bridgehead atoms. The van der Waals surface area contributed by atoms with Gasteiger partial charge in [0.25, 0.3) is 0 Å². The fourth-order valence-corrected chi connectivity index (χ4v) is 0.979. The zero-order valence-electron chi connectivity index (χ0n) is 8.30. The number of hydrogen-bond acceptors (Lipinski definition) is 3. The normalized spacial score (nSPS) is 11.5. The van der Waals surface area contributed by atoms with Crippen LogP contribution in [0.2, 0.25) is 0 Å². The third-order valence-electron chi connectivity index (χ3n) is 1.76. The summed E-state index contributed by atoms with van der Waals surface area (Å²) in [7, 11) is 0. The Kier molecular flexibility index (Phi) is 3.88. The molecule has 0 saturated carbocycles. The highest BCUT2D eigenvalue weighted by molar-refractivity contribution is 5.25. The highest BCUT2D eigenvalue weighted by atomic mass is 19.4. The molecule has 0 aliphatic heterocycles. The molecule has 1 aromatic heterocycles. The van der Waals surface area contributed by atoms with Crippen molar-refractivity contribution in [2.24, 2.45) is 0 Å². The van der Waals surface area contributed by atoms with Crippen molar-refractivity contribution in [3.63, 3.8) is 0 Å². The maximum atomic E-state index is 12.2. The average Bonchev–Trinajstić information content (AvgIpc) is 2.17. The van der Waals surface area contributed by atoms with Gasteiger partial charge in [-0.05, 0) is 12.5 Å². The summed E-state index contributed by atoms with van der Waals surface area (Å²) in [5.41, 5.74) is -0.920. The Bertz CT molecular complexity index is 312. The number of nitrogens with zero attached hydrogens (tertiary/aromatic N) is 2. The first-order valence-electron chi connectivity index (χ1n) is 4.68. The van der Waals surface area contributed by atoms with Crippen LogP contribution in [-0.2, 0) is 6.18 Å². The van der Waals surface area contributed by atoms with Gasteiger partial charge >= 0.3 is 6.18 Å². The standard InChI is InChI=1S/C9H12F3N3/c1-2-3-5-13-8-14-6-4-7(15-8)9(10,11)12/h4,6H,2-3,5H2,1H3,(H,13,14,15). The van der Waals surface area contributed by atoms with E-state index in [9.17, 15) is 13.2 Å². The molecular weight excluding hydrogens is 207 g/mol. The van der Waals surface area contributed by atoms with Crippen LogP contribution in [0.25, 0.3) is 0 Å². The molecule has 84 valence electrons. The van der Waals surface area contributed by atoms with Crippen molar-refractivity contribution in [3.05, 3.63) is 18.0 Å². The van der Waals surface area contributed by atoms with Gasteiger partial charge in [-0.3, -0.25) is 0 Å². The van der Waals surface area contributed by atoms with Crippen molar-refractivity contribution in [2.45, 2.75) is 25.9 Å². The Morgan fingerprint density at radius 2 is 2.13 bits per heavy atom. The zero-order chi connectivity index (χ0) is 11.3. The maximum Gasteiger partial charge on any atom is 0.433 e. The van der Waals surface area contributed by atoms with Crippen molar-refractivity contribution >= 4 is 5.95 Å². The number of alkyl halides is 3. The second-order valence-corrected chi connectivity index (χ2v) is 3.04. The number of hydrogen-bond donors (Lipinski definition) is 1. The van der Waals surface area contributed by atoms with E-state index in [0.717, 1.165) is 25.1 Å². The van der Waals surface area contributed by atoms with E-state index in [4.69, 9.17) is 0 Å². The van der Waals surface area contributed by atoms with Crippen LogP contribution in [0.3, 0.4) is 0 Å². The van der Waals surface area contributed by atoms with E-state index >= 15 is 0 Å². The van der Waals surface area contributed by atoms with Gasteiger partial charge in [0.2, 0.25) is 5.95 Å². The monoisotopic (exact) mass is 219 g/mol. The molecule has 0 atom stereocenters. The molecule has 15 heavy (non-hydrogen) atoms. The Labute approximate surface area is 85.7 Å². The van der Waals surface area contributed by atoms with Gasteiger partial charge in [0.15, 0.2) is 0 Å². The predicted octanol–water partition coefficient (Wildman–Crippen LogP) is 2.71. The number of aromatic nitrogens is 2. The number of nitrogens with one attached hydrogen (secondary N) is 1. The van der Waals surface area contributed by atoms with Crippen LogP contribution in [0.15, 0.2) is 12.3 Å². The van der Waals surface area contributed by atoms with E-state index in [1.54, 1.807) is 0 Å². The second-order valence-electron chi connectivity index (χ2n) is 3.04. The molecule has 0 aliphatic rings.